The van der Waals surface area contributed by atoms with E-state index in [0.717, 1.165) is 29.7 Å². The van der Waals surface area contributed by atoms with Crippen molar-refractivity contribution in [1.82, 2.24) is 0 Å². The monoisotopic (exact) mass is 350 g/mol. The van der Waals surface area contributed by atoms with Crippen molar-refractivity contribution >= 4 is 28.6 Å². The molecule has 0 spiro atoms. The second-order valence-corrected chi connectivity index (χ2v) is 6.13. The van der Waals surface area contributed by atoms with Gasteiger partial charge in [0.1, 0.15) is 17.0 Å². The molecule has 0 saturated heterocycles. The summed E-state index contributed by atoms with van der Waals surface area (Å²) in [4.78, 5) is 18.7. The van der Waals surface area contributed by atoms with Crippen LogP contribution in [0.25, 0.3) is 11.0 Å². The average molecular weight is 350 g/mol. The summed E-state index contributed by atoms with van der Waals surface area (Å²) in [5, 5.41) is 10.7. The smallest absolute Gasteiger partial charge is 0.345 e. The first-order valence-electron chi connectivity index (χ1n) is 8.68. The molecule has 0 aliphatic heterocycles. The van der Waals surface area contributed by atoms with Crippen LogP contribution in [0, 0.1) is 6.92 Å². The predicted octanol–water partition coefficient (Wildman–Crippen LogP) is 4.40. The summed E-state index contributed by atoms with van der Waals surface area (Å²) in [6.45, 7) is 7.86. The Hall–Kier alpha value is -3.08. The van der Waals surface area contributed by atoms with Gasteiger partial charge in [-0.15, -0.1) is 0 Å². The first-order valence-corrected chi connectivity index (χ1v) is 8.68. The number of aromatic hydroxyl groups is 1. The number of hydrogen-bond donors (Lipinski definition) is 1. The number of nitrogens with zero attached hydrogens (tertiary/aromatic N) is 2. The summed E-state index contributed by atoms with van der Waals surface area (Å²) < 4.78 is 5.48. The molecule has 1 aromatic heterocycles. The van der Waals surface area contributed by atoms with Crippen LogP contribution in [-0.4, -0.2) is 24.4 Å². The van der Waals surface area contributed by atoms with Crippen LogP contribution < -0.4 is 10.5 Å². The summed E-state index contributed by atoms with van der Waals surface area (Å²) in [6.07, 6.45) is 1.43. The highest BCUT2D eigenvalue weighted by Gasteiger charge is 2.08. The van der Waals surface area contributed by atoms with Gasteiger partial charge in [0.2, 0.25) is 0 Å². The van der Waals surface area contributed by atoms with E-state index in [-0.39, 0.29) is 5.75 Å². The third-order valence-corrected chi connectivity index (χ3v) is 4.35. The largest absolute Gasteiger partial charge is 0.506 e. The Bertz CT molecular complexity index is 1020. The van der Waals surface area contributed by atoms with Crippen molar-refractivity contribution in [3.05, 3.63) is 64.0 Å². The third kappa shape index (κ3) is 3.61. The van der Waals surface area contributed by atoms with Crippen LogP contribution in [0.4, 0.5) is 11.4 Å². The highest BCUT2D eigenvalue weighted by atomic mass is 16.4. The molecule has 0 radical (unpaired) electrons. The minimum absolute atomic E-state index is 0.0703. The second-order valence-electron chi connectivity index (χ2n) is 6.13. The molecule has 0 fully saturated rings. The standard InChI is InChI=1S/C21H22N2O3/c1-4-23(5-2)17-8-7-15-11-16(21(25)26-20(15)12-17)13-22-18-10-14(3)6-9-19(18)24/h6-13,24H,4-5H2,1-3H3. The van der Waals surface area contributed by atoms with Gasteiger partial charge in [-0.3, -0.25) is 4.99 Å². The van der Waals surface area contributed by atoms with Gasteiger partial charge in [-0.2, -0.15) is 0 Å². The van der Waals surface area contributed by atoms with Crippen LogP contribution >= 0.6 is 0 Å². The Kier molecular flexibility index (Phi) is 5.07. The van der Waals surface area contributed by atoms with Crippen LogP contribution in [0.1, 0.15) is 25.0 Å². The quantitative estimate of drug-likeness (QED) is 0.547. The molecule has 26 heavy (non-hydrogen) atoms. The Morgan fingerprint density at radius 2 is 1.88 bits per heavy atom. The fourth-order valence-corrected chi connectivity index (χ4v) is 2.87. The number of aliphatic imine (C=N–C) groups is 1. The fraction of sp³-hybridized carbons (Fsp3) is 0.238. The van der Waals surface area contributed by atoms with Gasteiger partial charge in [0, 0.05) is 36.4 Å². The summed E-state index contributed by atoms with van der Waals surface area (Å²) >= 11 is 0. The van der Waals surface area contributed by atoms with Crippen LogP contribution in [0.5, 0.6) is 5.75 Å². The van der Waals surface area contributed by atoms with Crippen molar-refractivity contribution in [3.63, 3.8) is 0 Å². The maximum atomic E-state index is 12.3. The van der Waals surface area contributed by atoms with Crippen molar-refractivity contribution in [2.75, 3.05) is 18.0 Å². The van der Waals surface area contributed by atoms with Crippen molar-refractivity contribution in [1.29, 1.82) is 0 Å². The first kappa shape index (κ1) is 17.7. The number of fused-ring (bicyclic) bond motifs is 1. The molecule has 0 atom stereocenters. The molecule has 0 amide bonds. The molecule has 0 bridgehead atoms. The molecular formula is C21H22N2O3. The molecule has 0 aliphatic carbocycles. The van der Waals surface area contributed by atoms with Gasteiger partial charge >= 0.3 is 5.63 Å². The third-order valence-electron chi connectivity index (χ3n) is 4.35. The van der Waals surface area contributed by atoms with Gasteiger partial charge in [0.05, 0.1) is 5.56 Å². The minimum Gasteiger partial charge on any atom is -0.506 e. The second kappa shape index (κ2) is 7.44. The first-order chi connectivity index (χ1) is 12.5. The highest BCUT2D eigenvalue weighted by molar-refractivity contribution is 5.89. The maximum absolute atomic E-state index is 12.3. The SMILES string of the molecule is CCN(CC)c1ccc2cc(C=Nc3cc(C)ccc3O)c(=O)oc2c1. The number of rotatable bonds is 5. The summed E-state index contributed by atoms with van der Waals surface area (Å²) in [5.74, 6) is 0.0703. The van der Waals surface area contributed by atoms with Gasteiger partial charge in [-0.1, -0.05) is 6.07 Å². The van der Waals surface area contributed by atoms with Crippen LogP contribution in [0.15, 0.2) is 56.7 Å². The molecule has 5 heteroatoms. The summed E-state index contributed by atoms with van der Waals surface area (Å²) in [5.41, 5.74) is 2.86. The fourth-order valence-electron chi connectivity index (χ4n) is 2.87. The molecule has 0 saturated carbocycles. The lowest BCUT2D eigenvalue weighted by molar-refractivity contribution is 0.477. The zero-order chi connectivity index (χ0) is 18.7. The maximum Gasteiger partial charge on any atom is 0.345 e. The lowest BCUT2D eigenvalue weighted by Crippen LogP contribution is -2.21. The zero-order valence-corrected chi connectivity index (χ0v) is 15.2. The molecular weight excluding hydrogens is 328 g/mol. The minimum atomic E-state index is -0.454. The predicted molar refractivity (Wildman–Crippen MR) is 106 cm³/mol. The van der Waals surface area contributed by atoms with Gasteiger partial charge in [0.25, 0.3) is 0 Å². The lowest BCUT2D eigenvalue weighted by Gasteiger charge is -2.20. The Labute approximate surface area is 152 Å². The molecule has 3 rings (SSSR count). The molecule has 0 aliphatic rings. The van der Waals surface area contributed by atoms with Crippen molar-refractivity contribution in [2.45, 2.75) is 20.8 Å². The molecule has 0 unspecified atom stereocenters. The Morgan fingerprint density at radius 3 is 2.62 bits per heavy atom. The molecule has 5 nitrogen and oxygen atoms in total. The number of aryl methyl sites for hydroxylation is 1. The number of hydrogen-bond acceptors (Lipinski definition) is 5. The van der Waals surface area contributed by atoms with Gasteiger partial charge in [-0.25, -0.2) is 4.79 Å². The van der Waals surface area contributed by atoms with Gasteiger partial charge in [0.15, 0.2) is 0 Å². The number of benzene rings is 2. The summed E-state index contributed by atoms with van der Waals surface area (Å²) in [7, 11) is 0. The number of anilines is 1. The topological polar surface area (TPSA) is 66.0 Å². The van der Waals surface area contributed by atoms with E-state index in [0.29, 0.717) is 16.8 Å². The van der Waals surface area contributed by atoms with E-state index in [1.807, 2.05) is 25.1 Å². The van der Waals surface area contributed by atoms with Gasteiger partial charge < -0.3 is 14.4 Å². The lowest BCUT2D eigenvalue weighted by atomic mass is 10.1. The van der Waals surface area contributed by atoms with E-state index in [1.54, 1.807) is 24.3 Å². The van der Waals surface area contributed by atoms with Crippen molar-refractivity contribution in [3.8, 4) is 5.75 Å². The van der Waals surface area contributed by atoms with E-state index in [9.17, 15) is 9.90 Å². The normalized spacial score (nSPS) is 11.3. The zero-order valence-electron chi connectivity index (χ0n) is 15.2. The molecule has 3 aromatic rings. The van der Waals surface area contributed by atoms with E-state index < -0.39 is 5.63 Å². The van der Waals surface area contributed by atoms with E-state index in [2.05, 4.69) is 23.7 Å². The number of phenols is 1. The van der Waals surface area contributed by atoms with Crippen molar-refractivity contribution in [2.24, 2.45) is 4.99 Å². The Balaban J connectivity index is 1.99. The van der Waals surface area contributed by atoms with Gasteiger partial charge in [-0.05, 0) is 56.7 Å². The molecule has 1 heterocycles. The molecule has 1 N–H and O–H groups in total. The summed E-state index contributed by atoms with van der Waals surface area (Å²) in [6, 6.07) is 12.7. The number of phenolic OH excluding ortho intramolecular Hbond substituents is 1. The molecule has 134 valence electrons. The van der Waals surface area contributed by atoms with Crippen LogP contribution in [0.2, 0.25) is 0 Å². The average Bonchev–Trinajstić information content (AvgIpc) is 2.63. The van der Waals surface area contributed by atoms with Crippen LogP contribution in [-0.2, 0) is 0 Å². The van der Waals surface area contributed by atoms with Crippen molar-refractivity contribution < 1.29 is 9.52 Å². The molecule has 2 aromatic carbocycles. The van der Waals surface area contributed by atoms with E-state index in [1.165, 1.54) is 6.21 Å². The highest BCUT2D eigenvalue weighted by Crippen LogP contribution is 2.27. The Morgan fingerprint density at radius 1 is 1.12 bits per heavy atom. The van der Waals surface area contributed by atoms with E-state index >= 15 is 0 Å². The van der Waals surface area contributed by atoms with E-state index in [4.69, 9.17) is 4.42 Å². The van der Waals surface area contributed by atoms with Crippen LogP contribution in [0.3, 0.4) is 0 Å².